The van der Waals surface area contributed by atoms with Gasteiger partial charge in [-0.25, -0.2) is 0 Å². The van der Waals surface area contributed by atoms with Crippen LogP contribution in [0.2, 0.25) is 0 Å². The zero-order valence-corrected chi connectivity index (χ0v) is 13.7. The van der Waals surface area contributed by atoms with Crippen molar-refractivity contribution in [3.05, 3.63) is 24.3 Å². The molecule has 5 nitrogen and oxygen atoms in total. The van der Waals surface area contributed by atoms with Gasteiger partial charge in [0, 0.05) is 32.7 Å². The molecule has 0 aliphatic carbocycles. The second-order valence-electron chi connectivity index (χ2n) is 5.79. The van der Waals surface area contributed by atoms with E-state index in [0.29, 0.717) is 6.42 Å². The fourth-order valence-corrected chi connectivity index (χ4v) is 2.67. The van der Waals surface area contributed by atoms with E-state index >= 15 is 0 Å². The second kappa shape index (κ2) is 8.03. The molecule has 1 aliphatic heterocycles. The third kappa shape index (κ3) is 4.63. The minimum Gasteiger partial charge on any atom is -0.495 e. The number of benzene rings is 1. The van der Waals surface area contributed by atoms with Crippen molar-refractivity contribution < 1.29 is 14.3 Å². The van der Waals surface area contributed by atoms with Gasteiger partial charge < -0.3 is 14.4 Å². The lowest BCUT2D eigenvalue weighted by Gasteiger charge is -2.36. The summed E-state index contributed by atoms with van der Waals surface area (Å²) in [5, 5.41) is 0. The van der Waals surface area contributed by atoms with E-state index < -0.39 is 0 Å². The van der Waals surface area contributed by atoms with Crippen LogP contribution in [0.5, 0.6) is 5.75 Å². The summed E-state index contributed by atoms with van der Waals surface area (Å²) in [6.07, 6.45) is 0.433. The first-order chi connectivity index (χ1) is 10.6. The predicted octanol–water partition coefficient (Wildman–Crippen LogP) is 2.16. The summed E-state index contributed by atoms with van der Waals surface area (Å²) in [5.41, 5.74) is 1.14. The van der Waals surface area contributed by atoms with Gasteiger partial charge in [-0.1, -0.05) is 12.1 Å². The van der Waals surface area contributed by atoms with Crippen LogP contribution in [0, 0.1) is 0 Å². The van der Waals surface area contributed by atoms with E-state index in [2.05, 4.69) is 15.9 Å². The summed E-state index contributed by atoms with van der Waals surface area (Å²) < 4.78 is 10.6. The number of hydrogen-bond donors (Lipinski definition) is 0. The number of ether oxygens (including phenoxy) is 2. The van der Waals surface area contributed by atoms with Crippen LogP contribution in [0.3, 0.4) is 0 Å². The van der Waals surface area contributed by atoms with Gasteiger partial charge in [0.1, 0.15) is 5.75 Å². The fraction of sp³-hybridized carbons (Fsp3) is 0.588. The smallest absolute Gasteiger partial charge is 0.307 e. The van der Waals surface area contributed by atoms with Gasteiger partial charge in [-0.2, -0.15) is 0 Å². The molecule has 0 bridgehead atoms. The molecule has 1 aromatic rings. The lowest BCUT2D eigenvalue weighted by Crippen LogP contribution is -2.47. The normalized spacial score (nSPS) is 15.9. The lowest BCUT2D eigenvalue weighted by molar-refractivity contribution is -0.147. The topological polar surface area (TPSA) is 42.0 Å². The number of carbonyl (C=O) groups excluding carboxylic acids is 1. The molecule has 2 rings (SSSR count). The Morgan fingerprint density at radius 2 is 1.86 bits per heavy atom. The summed E-state index contributed by atoms with van der Waals surface area (Å²) in [7, 11) is 1.70. The third-order valence-electron chi connectivity index (χ3n) is 3.80. The Bertz CT molecular complexity index is 483. The summed E-state index contributed by atoms with van der Waals surface area (Å²) in [6.45, 7) is 8.32. The van der Waals surface area contributed by atoms with E-state index in [9.17, 15) is 4.79 Å². The molecule has 1 fully saturated rings. The first kappa shape index (κ1) is 16.6. The van der Waals surface area contributed by atoms with Gasteiger partial charge in [0.2, 0.25) is 0 Å². The Kier molecular flexibility index (Phi) is 6.07. The van der Waals surface area contributed by atoms with E-state index in [1.54, 1.807) is 7.11 Å². The van der Waals surface area contributed by atoms with Crippen molar-refractivity contribution in [1.29, 1.82) is 0 Å². The molecule has 1 heterocycles. The van der Waals surface area contributed by atoms with E-state index in [1.165, 1.54) is 0 Å². The molecule has 5 heteroatoms. The van der Waals surface area contributed by atoms with Crippen LogP contribution in [-0.2, 0) is 9.53 Å². The number of hydrogen-bond acceptors (Lipinski definition) is 5. The van der Waals surface area contributed by atoms with E-state index in [1.807, 2.05) is 32.0 Å². The minimum absolute atomic E-state index is 0.0325. The molecule has 0 spiro atoms. The number of para-hydroxylation sites is 2. The minimum atomic E-state index is -0.109. The third-order valence-corrected chi connectivity index (χ3v) is 3.80. The van der Waals surface area contributed by atoms with Crippen molar-refractivity contribution >= 4 is 11.7 Å². The van der Waals surface area contributed by atoms with Crippen LogP contribution in [-0.4, -0.2) is 56.8 Å². The van der Waals surface area contributed by atoms with Crippen LogP contribution in [0.4, 0.5) is 5.69 Å². The maximum Gasteiger partial charge on any atom is 0.307 e. The molecule has 0 amide bonds. The number of methoxy groups -OCH3 is 1. The molecular formula is C17H26N2O3. The number of nitrogens with zero attached hydrogens (tertiary/aromatic N) is 2. The zero-order valence-electron chi connectivity index (χ0n) is 13.7. The number of carbonyl (C=O) groups is 1. The zero-order chi connectivity index (χ0) is 15.9. The van der Waals surface area contributed by atoms with Gasteiger partial charge in [-0.05, 0) is 26.0 Å². The van der Waals surface area contributed by atoms with Crippen LogP contribution >= 0.6 is 0 Å². The van der Waals surface area contributed by atoms with Crippen LogP contribution in [0.25, 0.3) is 0 Å². The molecule has 1 aliphatic rings. The highest BCUT2D eigenvalue weighted by molar-refractivity contribution is 5.69. The van der Waals surface area contributed by atoms with Crippen molar-refractivity contribution in [1.82, 2.24) is 4.90 Å². The molecule has 0 N–H and O–H groups in total. The maximum absolute atomic E-state index is 11.6. The average Bonchev–Trinajstić information content (AvgIpc) is 2.53. The molecular weight excluding hydrogens is 280 g/mol. The van der Waals surface area contributed by atoms with Crippen molar-refractivity contribution in [2.24, 2.45) is 0 Å². The highest BCUT2D eigenvalue weighted by atomic mass is 16.5. The van der Waals surface area contributed by atoms with Gasteiger partial charge in [0.25, 0.3) is 0 Å². The van der Waals surface area contributed by atoms with Crippen LogP contribution < -0.4 is 9.64 Å². The molecule has 22 heavy (non-hydrogen) atoms. The summed E-state index contributed by atoms with van der Waals surface area (Å²) in [4.78, 5) is 16.2. The molecule has 1 saturated heterocycles. The molecule has 0 saturated carbocycles. The Morgan fingerprint density at radius 1 is 1.18 bits per heavy atom. The lowest BCUT2D eigenvalue weighted by atomic mass is 10.2. The average molecular weight is 306 g/mol. The number of piperazine rings is 1. The van der Waals surface area contributed by atoms with Crippen LogP contribution in [0.1, 0.15) is 20.3 Å². The summed E-state index contributed by atoms with van der Waals surface area (Å²) in [5.74, 6) is 0.804. The van der Waals surface area contributed by atoms with Gasteiger partial charge in [0.05, 0.1) is 25.3 Å². The van der Waals surface area contributed by atoms with E-state index in [-0.39, 0.29) is 12.1 Å². The molecule has 0 radical (unpaired) electrons. The van der Waals surface area contributed by atoms with Gasteiger partial charge in [0.15, 0.2) is 0 Å². The molecule has 122 valence electrons. The summed E-state index contributed by atoms with van der Waals surface area (Å²) >= 11 is 0. The molecule has 0 atom stereocenters. The summed E-state index contributed by atoms with van der Waals surface area (Å²) in [6, 6.07) is 8.10. The van der Waals surface area contributed by atoms with Crippen molar-refractivity contribution in [2.75, 3.05) is 44.7 Å². The quantitative estimate of drug-likeness (QED) is 0.753. The predicted molar refractivity (Wildman–Crippen MR) is 87.5 cm³/mol. The van der Waals surface area contributed by atoms with Crippen molar-refractivity contribution in [2.45, 2.75) is 26.4 Å². The number of esters is 1. The monoisotopic (exact) mass is 306 g/mol. The van der Waals surface area contributed by atoms with Gasteiger partial charge in [-0.3, -0.25) is 9.69 Å². The standard InChI is InChI=1S/C17H26N2O3/c1-14(2)22-17(20)8-9-18-10-12-19(13-11-18)15-6-4-5-7-16(15)21-3/h4-7,14H,8-13H2,1-3H3. The van der Waals surface area contributed by atoms with Gasteiger partial charge in [-0.15, -0.1) is 0 Å². The van der Waals surface area contributed by atoms with E-state index in [4.69, 9.17) is 9.47 Å². The fourth-order valence-electron chi connectivity index (χ4n) is 2.67. The Hall–Kier alpha value is -1.75. The molecule has 0 unspecified atom stereocenters. The highest BCUT2D eigenvalue weighted by Crippen LogP contribution is 2.28. The second-order valence-corrected chi connectivity index (χ2v) is 5.79. The maximum atomic E-state index is 11.6. The van der Waals surface area contributed by atoms with Crippen LogP contribution in [0.15, 0.2) is 24.3 Å². The number of rotatable bonds is 6. The SMILES string of the molecule is COc1ccccc1N1CCN(CCC(=O)OC(C)C)CC1. The van der Waals surface area contributed by atoms with Crippen molar-refractivity contribution in [3.8, 4) is 5.75 Å². The molecule has 1 aromatic carbocycles. The molecule has 0 aromatic heterocycles. The first-order valence-corrected chi connectivity index (χ1v) is 7.90. The Balaban J connectivity index is 1.79. The highest BCUT2D eigenvalue weighted by Gasteiger charge is 2.20. The van der Waals surface area contributed by atoms with E-state index in [0.717, 1.165) is 44.2 Å². The van der Waals surface area contributed by atoms with Gasteiger partial charge >= 0.3 is 5.97 Å². The van der Waals surface area contributed by atoms with Crippen molar-refractivity contribution in [3.63, 3.8) is 0 Å². The number of anilines is 1. The Morgan fingerprint density at radius 3 is 2.50 bits per heavy atom. The first-order valence-electron chi connectivity index (χ1n) is 7.90. The largest absolute Gasteiger partial charge is 0.495 e. The Labute approximate surface area is 132 Å².